The van der Waals surface area contributed by atoms with E-state index in [-0.39, 0.29) is 55.2 Å². The smallest absolute Gasteiger partial charge is 0.377 e. The fraction of sp³-hybridized carbons (Fsp3) is 0.385. The Morgan fingerprint density at radius 2 is 1.80 bits per heavy atom. The van der Waals surface area contributed by atoms with Crippen molar-refractivity contribution in [3.05, 3.63) is 90.4 Å². The zero-order valence-electron chi connectivity index (χ0n) is 30.2. The number of hydrogen-bond acceptors (Lipinski definition) is 9. The molecule has 0 spiro atoms. The number of rotatable bonds is 15. The predicted octanol–water partition coefficient (Wildman–Crippen LogP) is 6.01. The number of likely N-dealkylation sites (tertiary alicyclic amines) is 1. The molecule has 4 heterocycles. The molecule has 2 amide bonds. The van der Waals surface area contributed by atoms with E-state index < -0.39 is 48.0 Å². The van der Waals surface area contributed by atoms with Gasteiger partial charge in [0.1, 0.15) is 23.8 Å². The van der Waals surface area contributed by atoms with Crippen molar-refractivity contribution in [3.63, 3.8) is 0 Å². The molecule has 54 heavy (non-hydrogen) atoms. The second-order valence-electron chi connectivity index (χ2n) is 13.9. The third-order valence-electron chi connectivity index (χ3n) is 9.96. The monoisotopic (exact) mass is 743 g/mol. The number of pyridine rings is 1. The second kappa shape index (κ2) is 15.0. The third-order valence-corrected chi connectivity index (χ3v) is 9.96. The molecule has 1 N–H and O–H groups in total. The van der Waals surface area contributed by atoms with E-state index in [4.69, 9.17) is 4.74 Å². The van der Waals surface area contributed by atoms with E-state index in [2.05, 4.69) is 38.5 Å². The Hall–Kier alpha value is -5.57. The van der Waals surface area contributed by atoms with Gasteiger partial charge in [-0.1, -0.05) is 18.2 Å². The van der Waals surface area contributed by atoms with Crippen LogP contribution < -0.4 is 5.32 Å². The van der Waals surface area contributed by atoms with Gasteiger partial charge in [-0.05, 0) is 62.4 Å². The van der Waals surface area contributed by atoms with Crippen LogP contribution in [0.15, 0.2) is 62.0 Å². The molecule has 3 atom stereocenters. The molecule has 0 unspecified atom stereocenters. The van der Waals surface area contributed by atoms with Gasteiger partial charge in [0.15, 0.2) is 11.6 Å². The molecule has 1 aromatic carbocycles. The van der Waals surface area contributed by atoms with E-state index in [0.717, 1.165) is 6.07 Å². The van der Waals surface area contributed by atoms with Crippen LogP contribution in [-0.2, 0) is 38.3 Å². The minimum absolute atomic E-state index is 0.0180. The normalized spacial score (nSPS) is 19.0. The molecule has 0 bridgehead atoms. The molecule has 1 saturated heterocycles. The Morgan fingerprint density at radius 3 is 2.46 bits per heavy atom. The predicted molar refractivity (Wildman–Crippen MR) is 193 cm³/mol. The topological polar surface area (TPSA) is 149 Å². The van der Waals surface area contributed by atoms with E-state index in [9.17, 15) is 32.3 Å². The first-order valence-electron chi connectivity index (χ1n) is 17.5. The molecule has 1 aliphatic carbocycles. The number of amides is 2. The van der Waals surface area contributed by atoms with Gasteiger partial charge >= 0.3 is 6.18 Å². The van der Waals surface area contributed by atoms with Crippen molar-refractivity contribution in [1.82, 2.24) is 29.6 Å². The molecule has 0 radical (unpaired) electrons. The number of allylic oxidation sites excluding steroid dienone is 1. The van der Waals surface area contributed by atoms with Gasteiger partial charge in [0.05, 0.1) is 42.6 Å². The molecule has 12 nitrogen and oxygen atoms in total. The number of aromatic nitrogens is 5. The number of aryl methyl sites for hydroxylation is 2. The zero-order valence-corrected chi connectivity index (χ0v) is 30.2. The number of halogens is 3. The van der Waals surface area contributed by atoms with E-state index in [1.165, 1.54) is 22.6 Å². The van der Waals surface area contributed by atoms with Gasteiger partial charge in [-0.25, -0.2) is 15.0 Å². The van der Waals surface area contributed by atoms with Crippen molar-refractivity contribution in [2.75, 3.05) is 18.5 Å². The largest absolute Gasteiger partial charge is 0.433 e. The van der Waals surface area contributed by atoms with Gasteiger partial charge in [0.2, 0.25) is 11.8 Å². The van der Waals surface area contributed by atoms with E-state index in [1.54, 1.807) is 50.5 Å². The number of carbonyl (C=O) groups is 4. The fourth-order valence-electron chi connectivity index (χ4n) is 7.16. The Balaban J connectivity index is 1.38. The van der Waals surface area contributed by atoms with E-state index >= 15 is 0 Å². The number of ether oxygens (including phenoxy) is 1. The quantitative estimate of drug-likeness (QED) is 0.0879. The fourth-order valence-corrected chi connectivity index (χ4v) is 7.16. The maximum Gasteiger partial charge on any atom is 0.433 e. The number of alkyl halides is 3. The summed E-state index contributed by atoms with van der Waals surface area (Å²) in [5.41, 5.74) is 0.661. The van der Waals surface area contributed by atoms with Gasteiger partial charge in [-0.15, -0.1) is 13.2 Å². The summed E-state index contributed by atoms with van der Waals surface area (Å²) in [6, 6.07) is 4.22. The van der Waals surface area contributed by atoms with E-state index in [0.29, 0.717) is 51.9 Å². The van der Waals surface area contributed by atoms with Gasteiger partial charge in [-0.2, -0.15) is 18.3 Å². The Kier molecular flexibility index (Phi) is 10.6. The third kappa shape index (κ3) is 7.72. The van der Waals surface area contributed by atoms with Crippen molar-refractivity contribution < 1.29 is 37.1 Å². The van der Waals surface area contributed by atoms with Crippen LogP contribution in [0, 0.1) is 19.3 Å². The van der Waals surface area contributed by atoms with Crippen molar-refractivity contribution in [3.8, 4) is 11.1 Å². The lowest BCUT2D eigenvalue weighted by Gasteiger charge is -2.27. The van der Waals surface area contributed by atoms with Crippen LogP contribution in [0.2, 0.25) is 0 Å². The van der Waals surface area contributed by atoms with Crippen LogP contribution in [0.1, 0.15) is 65.9 Å². The van der Waals surface area contributed by atoms with Crippen molar-refractivity contribution >= 4 is 40.0 Å². The number of nitrogens with zero attached hydrogens (tertiary/aromatic N) is 6. The van der Waals surface area contributed by atoms with Gasteiger partial charge < -0.3 is 15.0 Å². The first-order chi connectivity index (χ1) is 25.7. The molecule has 2 fully saturated rings. The highest BCUT2D eigenvalue weighted by atomic mass is 19.4. The Labute approximate surface area is 309 Å². The maximum absolute atomic E-state index is 14.5. The summed E-state index contributed by atoms with van der Waals surface area (Å²) in [5.74, 6) is -1.10. The van der Waals surface area contributed by atoms with Gasteiger partial charge in [-0.3, -0.25) is 23.9 Å². The number of fused-ring (bicyclic) bond motifs is 2. The number of hydrogen-bond donors (Lipinski definition) is 1. The highest BCUT2D eigenvalue weighted by molar-refractivity contribution is 6.11. The molecule has 1 saturated carbocycles. The highest BCUT2D eigenvalue weighted by Gasteiger charge is 2.67. The number of benzene rings is 1. The molecule has 282 valence electrons. The summed E-state index contributed by atoms with van der Waals surface area (Å²) in [6.07, 6.45) is 2.70. The summed E-state index contributed by atoms with van der Waals surface area (Å²) in [6.45, 7) is 12.1. The number of ketones is 2. The van der Waals surface area contributed by atoms with E-state index in [1.807, 2.05) is 0 Å². The van der Waals surface area contributed by atoms with Gasteiger partial charge in [0, 0.05) is 48.1 Å². The van der Waals surface area contributed by atoms with Crippen LogP contribution >= 0.6 is 0 Å². The Morgan fingerprint density at radius 1 is 1.06 bits per heavy atom. The van der Waals surface area contributed by atoms with Crippen LogP contribution in [0.5, 0.6) is 0 Å². The van der Waals surface area contributed by atoms with Crippen LogP contribution in [0.4, 0.5) is 18.9 Å². The molecule has 2 aliphatic rings. The average Bonchev–Trinajstić information content (AvgIpc) is 3.52. The minimum atomic E-state index is -4.70. The van der Waals surface area contributed by atoms with Crippen molar-refractivity contribution in [2.24, 2.45) is 5.41 Å². The summed E-state index contributed by atoms with van der Waals surface area (Å²) < 4.78 is 47.7. The Bertz CT molecular complexity index is 2160. The summed E-state index contributed by atoms with van der Waals surface area (Å²) >= 11 is 0. The second-order valence-corrected chi connectivity index (χ2v) is 13.9. The van der Waals surface area contributed by atoms with Crippen molar-refractivity contribution in [2.45, 2.75) is 77.7 Å². The molecule has 6 rings (SSSR count). The molecule has 1 aliphatic heterocycles. The maximum atomic E-state index is 14.5. The lowest BCUT2D eigenvalue weighted by Crippen LogP contribution is -2.45. The summed E-state index contributed by atoms with van der Waals surface area (Å²) in [7, 11) is 0. The standard InChI is InChI=1S/C39H40F3N7O5/c1-6-8-9-34(52)46-29-14-25(26-18-43-24(5)44-19-26)13-27-36(23(4)50)47-48(37(27)29)20-35(53)49-30(16-38(17-33(38)49)21-54-12-7-2)31(51)15-28-22(3)10-11-32(45-28)39(40,41)42/h6-7,10-11,13-14,18-19,30,33H,1-2,8-9,12,15-17,20-21H2,3-5H3,(H,46,52)/t30-,33+,38-/m0/s1. The SMILES string of the molecule is C=CCCC(=O)Nc1cc(-c2cnc(C)nc2)cc2c(C(C)=O)nn(CC(=O)N3[C@H](C(=O)Cc4nc(C(F)(F)F)ccc4C)C[C@@]4(COCC=C)C[C@@H]34)c12. The van der Waals surface area contributed by atoms with Crippen LogP contribution in [0.3, 0.4) is 0 Å². The first-order valence-corrected chi connectivity index (χ1v) is 17.5. The lowest BCUT2D eigenvalue weighted by molar-refractivity contribution is -0.141. The highest BCUT2D eigenvalue weighted by Crippen LogP contribution is 2.60. The first kappa shape index (κ1) is 38.2. The van der Waals surface area contributed by atoms with Crippen LogP contribution in [0.25, 0.3) is 22.0 Å². The van der Waals surface area contributed by atoms with Gasteiger partial charge in [0.25, 0.3) is 0 Å². The molecular weight excluding hydrogens is 703 g/mol. The molecule has 15 heteroatoms. The zero-order chi connectivity index (χ0) is 38.9. The number of piperidine rings is 1. The van der Waals surface area contributed by atoms with Crippen LogP contribution in [-0.4, -0.2) is 78.3 Å². The summed E-state index contributed by atoms with van der Waals surface area (Å²) in [4.78, 5) is 68.3. The minimum Gasteiger partial charge on any atom is -0.377 e. The van der Waals surface area contributed by atoms with Crippen molar-refractivity contribution in [1.29, 1.82) is 0 Å². The average molecular weight is 744 g/mol. The number of nitrogens with one attached hydrogen (secondary N) is 1. The molecule has 4 aromatic rings. The molecule has 3 aromatic heterocycles. The summed E-state index contributed by atoms with van der Waals surface area (Å²) in [5, 5.41) is 7.85. The number of anilines is 1. The number of carbonyl (C=O) groups excluding carboxylic acids is 4. The lowest BCUT2D eigenvalue weighted by atomic mass is 9.95. The molecular formula is C39H40F3N7O5. The number of Topliss-reactive ketones (excluding diaryl/α,β-unsaturated/α-hetero) is 2.